The lowest BCUT2D eigenvalue weighted by Gasteiger charge is -2.00. The summed E-state index contributed by atoms with van der Waals surface area (Å²) in [7, 11) is 1.33. The molecule has 0 aliphatic carbocycles. The zero-order valence-electron chi connectivity index (χ0n) is 8.71. The first-order chi connectivity index (χ1) is 7.63. The molecule has 0 saturated heterocycles. The van der Waals surface area contributed by atoms with Crippen LogP contribution in [-0.2, 0) is 15.3 Å². The van der Waals surface area contributed by atoms with Gasteiger partial charge < -0.3 is 4.74 Å². The van der Waals surface area contributed by atoms with Crippen molar-refractivity contribution in [3.8, 4) is 0 Å². The molecule has 0 heterocycles. The van der Waals surface area contributed by atoms with Crippen LogP contribution >= 0.6 is 11.8 Å². The number of nitrogens with zero attached hydrogens (tertiary/aromatic N) is 1. The van der Waals surface area contributed by atoms with Crippen LogP contribution in [0.4, 0.5) is 5.69 Å². The second-order valence-electron chi connectivity index (χ2n) is 3.00. The lowest BCUT2D eigenvalue weighted by molar-refractivity contribution is -0.384. The van der Waals surface area contributed by atoms with Crippen molar-refractivity contribution in [3.63, 3.8) is 0 Å². The molecule has 0 spiro atoms. The third-order valence-corrected chi connectivity index (χ3v) is 2.81. The SMILES string of the molecule is COC(=O)CSCc1cccc([N+](=O)[O-])c1. The second kappa shape index (κ2) is 6.12. The van der Waals surface area contributed by atoms with Gasteiger partial charge in [-0.25, -0.2) is 0 Å². The molecule has 86 valence electrons. The van der Waals surface area contributed by atoms with E-state index in [9.17, 15) is 14.9 Å². The quantitative estimate of drug-likeness (QED) is 0.448. The van der Waals surface area contributed by atoms with Crippen molar-refractivity contribution in [2.24, 2.45) is 0 Å². The fourth-order valence-corrected chi connectivity index (χ4v) is 1.87. The molecule has 0 aliphatic rings. The highest BCUT2D eigenvalue weighted by Crippen LogP contribution is 2.17. The van der Waals surface area contributed by atoms with Crippen LogP contribution in [0.15, 0.2) is 24.3 Å². The van der Waals surface area contributed by atoms with Gasteiger partial charge in [-0.15, -0.1) is 11.8 Å². The number of hydrogen-bond donors (Lipinski definition) is 0. The summed E-state index contributed by atoms with van der Waals surface area (Å²) in [6.07, 6.45) is 0. The maximum absolute atomic E-state index is 10.8. The zero-order chi connectivity index (χ0) is 12.0. The van der Waals surface area contributed by atoms with E-state index in [1.54, 1.807) is 12.1 Å². The molecule has 16 heavy (non-hydrogen) atoms. The number of esters is 1. The van der Waals surface area contributed by atoms with E-state index < -0.39 is 4.92 Å². The molecule has 1 aromatic rings. The minimum absolute atomic E-state index is 0.0659. The van der Waals surface area contributed by atoms with Crippen LogP contribution in [0.2, 0.25) is 0 Å². The highest BCUT2D eigenvalue weighted by Gasteiger charge is 2.06. The van der Waals surface area contributed by atoms with Crippen LogP contribution in [0, 0.1) is 10.1 Å². The van der Waals surface area contributed by atoms with Crippen molar-refractivity contribution in [1.82, 2.24) is 0 Å². The Labute approximate surface area is 96.9 Å². The van der Waals surface area contributed by atoms with Crippen molar-refractivity contribution in [2.45, 2.75) is 5.75 Å². The van der Waals surface area contributed by atoms with Gasteiger partial charge in [0.25, 0.3) is 5.69 Å². The van der Waals surface area contributed by atoms with Gasteiger partial charge in [-0.2, -0.15) is 0 Å². The Morgan fingerprint density at radius 1 is 1.56 bits per heavy atom. The summed E-state index contributed by atoms with van der Waals surface area (Å²) in [6.45, 7) is 0. The largest absolute Gasteiger partial charge is 0.468 e. The number of carbonyl (C=O) groups excluding carboxylic acids is 1. The van der Waals surface area contributed by atoms with Crippen LogP contribution in [0.3, 0.4) is 0 Å². The molecule has 0 N–H and O–H groups in total. The van der Waals surface area contributed by atoms with Gasteiger partial charge in [-0.05, 0) is 5.56 Å². The summed E-state index contributed by atoms with van der Waals surface area (Å²) >= 11 is 1.36. The molecule has 0 bridgehead atoms. The van der Waals surface area contributed by atoms with E-state index in [4.69, 9.17) is 0 Å². The standard InChI is InChI=1S/C10H11NO4S/c1-15-10(12)7-16-6-8-3-2-4-9(5-8)11(13)14/h2-5H,6-7H2,1H3. The van der Waals surface area contributed by atoms with Gasteiger partial charge in [0.2, 0.25) is 0 Å². The number of non-ortho nitro benzene ring substituents is 1. The summed E-state index contributed by atoms with van der Waals surface area (Å²) in [5.74, 6) is 0.506. The Balaban J connectivity index is 2.51. The number of rotatable bonds is 5. The smallest absolute Gasteiger partial charge is 0.315 e. The molecule has 0 atom stereocenters. The van der Waals surface area contributed by atoms with E-state index in [1.807, 2.05) is 0 Å². The zero-order valence-corrected chi connectivity index (χ0v) is 9.53. The van der Waals surface area contributed by atoms with E-state index in [0.29, 0.717) is 5.75 Å². The van der Waals surface area contributed by atoms with Crippen LogP contribution in [0.5, 0.6) is 0 Å². The summed E-state index contributed by atoms with van der Waals surface area (Å²) in [6, 6.07) is 6.36. The fraction of sp³-hybridized carbons (Fsp3) is 0.300. The number of carbonyl (C=O) groups is 1. The molecule has 0 aliphatic heterocycles. The molecule has 5 nitrogen and oxygen atoms in total. The van der Waals surface area contributed by atoms with Crippen LogP contribution in [0.1, 0.15) is 5.56 Å². The average Bonchev–Trinajstić information content (AvgIpc) is 2.29. The summed E-state index contributed by atoms with van der Waals surface area (Å²) in [5, 5.41) is 10.5. The molecule has 0 unspecified atom stereocenters. The predicted molar refractivity (Wildman–Crippen MR) is 61.3 cm³/mol. The summed E-state index contributed by atoms with van der Waals surface area (Å²) in [4.78, 5) is 20.9. The molecular weight excluding hydrogens is 230 g/mol. The number of hydrogen-bond acceptors (Lipinski definition) is 5. The highest BCUT2D eigenvalue weighted by atomic mass is 32.2. The molecule has 0 saturated carbocycles. The van der Waals surface area contributed by atoms with Gasteiger partial charge in [-0.1, -0.05) is 12.1 Å². The number of nitro groups is 1. The maximum Gasteiger partial charge on any atom is 0.315 e. The number of methoxy groups -OCH3 is 1. The van der Waals surface area contributed by atoms with Crippen molar-refractivity contribution in [1.29, 1.82) is 0 Å². The normalized spacial score (nSPS) is 9.81. The van der Waals surface area contributed by atoms with Crippen LogP contribution in [0.25, 0.3) is 0 Å². The van der Waals surface area contributed by atoms with Gasteiger partial charge in [-0.3, -0.25) is 14.9 Å². The highest BCUT2D eigenvalue weighted by molar-refractivity contribution is 7.99. The Kier molecular flexibility index (Phi) is 4.78. The summed E-state index contributed by atoms with van der Waals surface area (Å²) in [5.41, 5.74) is 0.888. The van der Waals surface area contributed by atoms with E-state index >= 15 is 0 Å². The lowest BCUT2D eigenvalue weighted by atomic mass is 10.2. The fourth-order valence-electron chi connectivity index (χ4n) is 1.07. The van der Waals surface area contributed by atoms with E-state index in [-0.39, 0.29) is 17.4 Å². The third-order valence-electron chi connectivity index (χ3n) is 1.84. The monoisotopic (exact) mass is 241 g/mol. The third kappa shape index (κ3) is 3.90. The molecular formula is C10H11NO4S. The molecule has 0 amide bonds. The van der Waals surface area contributed by atoms with Gasteiger partial charge >= 0.3 is 5.97 Å². The first-order valence-corrected chi connectivity index (χ1v) is 5.67. The van der Waals surface area contributed by atoms with Crippen molar-refractivity contribution in [3.05, 3.63) is 39.9 Å². The van der Waals surface area contributed by atoms with E-state index in [1.165, 1.54) is 31.0 Å². The Hall–Kier alpha value is -1.56. The Morgan fingerprint density at radius 3 is 2.94 bits per heavy atom. The Bertz CT molecular complexity index is 394. The van der Waals surface area contributed by atoms with Crippen LogP contribution < -0.4 is 0 Å². The second-order valence-corrected chi connectivity index (χ2v) is 3.98. The molecule has 6 heteroatoms. The van der Waals surface area contributed by atoms with E-state index in [2.05, 4.69) is 4.74 Å². The van der Waals surface area contributed by atoms with Gasteiger partial charge in [0.05, 0.1) is 17.8 Å². The number of ether oxygens (including phenoxy) is 1. The minimum atomic E-state index is -0.436. The van der Waals surface area contributed by atoms with Gasteiger partial charge in [0.1, 0.15) is 0 Å². The number of nitro benzene ring substituents is 1. The van der Waals surface area contributed by atoms with E-state index in [0.717, 1.165) is 5.56 Å². The van der Waals surface area contributed by atoms with Gasteiger partial charge in [0, 0.05) is 17.9 Å². The molecule has 0 fully saturated rings. The number of benzene rings is 1. The summed E-state index contributed by atoms with van der Waals surface area (Å²) < 4.78 is 4.48. The number of thioether (sulfide) groups is 1. The van der Waals surface area contributed by atoms with Crippen LogP contribution in [-0.4, -0.2) is 23.8 Å². The maximum atomic E-state index is 10.8. The molecule has 0 radical (unpaired) electrons. The first-order valence-electron chi connectivity index (χ1n) is 4.51. The van der Waals surface area contributed by atoms with Crippen molar-refractivity contribution >= 4 is 23.4 Å². The van der Waals surface area contributed by atoms with Crippen molar-refractivity contribution in [2.75, 3.05) is 12.9 Å². The minimum Gasteiger partial charge on any atom is -0.468 e. The first kappa shape index (κ1) is 12.5. The van der Waals surface area contributed by atoms with Gasteiger partial charge in [0.15, 0.2) is 0 Å². The van der Waals surface area contributed by atoms with Crippen molar-refractivity contribution < 1.29 is 14.5 Å². The topological polar surface area (TPSA) is 69.4 Å². The molecule has 1 aromatic carbocycles. The Morgan fingerprint density at radius 2 is 2.31 bits per heavy atom. The molecule has 1 rings (SSSR count). The molecule has 0 aromatic heterocycles. The predicted octanol–water partition coefficient (Wildman–Crippen LogP) is 2.00. The lowest BCUT2D eigenvalue weighted by Crippen LogP contribution is -2.03. The average molecular weight is 241 g/mol.